The van der Waals surface area contributed by atoms with E-state index in [0.717, 1.165) is 17.0 Å². The summed E-state index contributed by atoms with van der Waals surface area (Å²) in [5.74, 6) is -0.152. The highest BCUT2D eigenvalue weighted by Gasteiger charge is 2.58. The summed E-state index contributed by atoms with van der Waals surface area (Å²) in [6.45, 7) is -0.896. The monoisotopic (exact) mass is 419 g/mol. The van der Waals surface area contributed by atoms with Gasteiger partial charge in [0.15, 0.2) is 0 Å². The molecule has 3 N–H and O–H groups in total. The Morgan fingerprint density at radius 1 is 1.19 bits per heavy atom. The standard InChI is InChI=1S/C16H13ClF3N3O3S/c17-11-3-1-2-10(8-11)14-22-15(24,16(18,19)20)9-23(14)12-4-6-13(7-5-12)27(21,25)26/h1-8,24H,9H2,(H2,21,25,26). The maximum atomic E-state index is 13.3. The molecule has 2 aromatic rings. The average Bonchev–Trinajstić information content (AvgIpc) is 2.93. The summed E-state index contributed by atoms with van der Waals surface area (Å²) in [7, 11) is -3.96. The summed E-state index contributed by atoms with van der Waals surface area (Å²) in [6.07, 6.45) is -5.01. The number of primary sulfonamides is 1. The lowest BCUT2D eigenvalue weighted by molar-refractivity contribution is -0.249. The van der Waals surface area contributed by atoms with Crippen LogP contribution in [0.4, 0.5) is 18.9 Å². The molecule has 0 amide bonds. The van der Waals surface area contributed by atoms with E-state index < -0.39 is 28.5 Å². The predicted octanol–water partition coefficient (Wildman–Crippen LogP) is 2.51. The highest BCUT2D eigenvalue weighted by Crippen LogP contribution is 2.39. The molecule has 0 bridgehead atoms. The Morgan fingerprint density at radius 3 is 2.33 bits per heavy atom. The lowest BCUT2D eigenvalue weighted by atomic mass is 10.1. The summed E-state index contributed by atoms with van der Waals surface area (Å²) in [6, 6.07) is 10.9. The minimum atomic E-state index is -5.01. The second-order valence-electron chi connectivity index (χ2n) is 5.89. The zero-order chi connectivity index (χ0) is 20.0. The van der Waals surface area contributed by atoms with Crippen LogP contribution in [0.1, 0.15) is 5.56 Å². The van der Waals surface area contributed by atoms with Gasteiger partial charge in [-0.2, -0.15) is 13.2 Å². The fourth-order valence-corrected chi connectivity index (χ4v) is 3.30. The van der Waals surface area contributed by atoms with Gasteiger partial charge < -0.3 is 10.0 Å². The van der Waals surface area contributed by atoms with Gasteiger partial charge in [-0.25, -0.2) is 18.5 Å². The number of benzene rings is 2. The lowest BCUT2D eigenvalue weighted by Gasteiger charge is -2.25. The van der Waals surface area contributed by atoms with Gasteiger partial charge in [0.05, 0.1) is 11.4 Å². The quantitative estimate of drug-likeness (QED) is 0.799. The molecule has 1 aliphatic rings. The van der Waals surface area contributed by atoms with Gasteiger partial charge in [0.25, 0.3) is 5.72 Å². The van der Waals surface area contributed by atoms with Crippen molar-refractivity contribution in [1.29, 1.82) is 0 Å². The molecular weight excluding hydrogens is 407 g/mol. The van der Waals surface area contributed by atoms with E-state index in [1.165, 1.54) is 30.3 Å². The second-order valence-corrected chi connectivity index (χ2v) is 7.88. The molecule has 6 nitrogen and oxygen atoms in total. The number of hydrogen-bond acceptors (Lipinski definition) is 5. The van der Waals surface area contributed by atoms with Crippen LogP contribution in [0.25, 0.3) is 0 Å². The smallest absolute Gasteiger partial charge is 0.361 e. The first kappa shape index (κ1) is 19.6. The molecule has 0 spiro atoms. The molecule has 0 aliphatic carbocycles. The van der Waals surface area contributed by atoms with Gasteiger partial charge >= 0.3 is 6.18 Å². The third-order valence-corrected chi connectivity index (χ3v) is 5.10. The van der Waals surface area contributed by atoms with Gasteiger partial charge in [-0.15, -0.1) is 0 Å². The molecule has 3 rings (SSSR count). The van der Waals surface area contributed by atoms with E-state index in [0.29, 0.717) is 0 Å². The Hall–Kier alpha value is -2.14. The Bertz CT molecular complexity index is 1010. The molecule has 0 radical (unpaired) electrons. The van der Waals surface area contributed by atoms with Crippen molar-refractivity contribution in [2.75, 3.05) is 11.4 Å². The molecule has 1 atom stereocenters. The van der Waals surface area contributed by atoms with E-state index >= 15 is 0 Å². The normalized spacial score (nSPS) is 20.7. The molecule has 0 saturated heterocycles. The first-order chi connectivity index (χ1) is 12.4. The number of aliphatic hydroxyl groups is 1. The molecule has 27 heavy (non-hydrogen) atoms. The van der Waals surface area contributed by atoms with Crippen molar-refractivity contribution in [3.8, 4) is 0 Å². The SMILES string of the molecule is NS(=O)(=O)c1ccc(N2CC(O)(C(F)(F)F)N=C2c2cccc(Cl)c2)cc1. The van der Waals surface area contributed by atoms with Crippen LogP contribution in [0.5, 0.6) is 0 Å². The Morgan fingerprint density at radius 2 is 1.81 bits per heavy atom. The van der Waals surface area contributed by atoms with Gasteiger partial charge in [-0.05, 0) is 36.4 Å². The number of aliphatic imine (C=N–C) groups is 1. The number of halogens is 4. The van der Waals surface area contributed by atoms with Crippen molar-refractivity contribution >= 4 is 33.1 Å². The predicted molar refractivity (Wildman–Crippen MR) is 94.2 cm³/mol. The zero-order valence-electron chi connectivity index (χ0n) is 13.5. The summed E-state index contributed by atoms with van der Waals surface area (Å²) in [4.78, 5) is 4.44. The highest BCUT2D eigenvalue weighted by molar-refractivity contribution is 7.89. The van der Waals surface area contributed by atoms with Crippen molar-refractivity contribution in [1.82, 2.24) is 0 Å². The van der Waals surface area contributed by atoms with Crippen LogP contribution >= 0.6 is 11.6 Å². The van der Waals surface area contributed by atoms with Crippen LogP contribution in [-0.4, -0.2) is 37.8 Å². The lowest BCUT2D eigenvalue weighted by Crippen LogP contribution is -2.47. The van der Waals surface area contributed by atoms with Crippen LogP contribution in [-0.2, 0) is 10.0 Å². The number of hydrogen-bond donors (Lipinski definition) is 2. The van der Waals surface area contributed by atoms with Gasteiger partial charge in [0.1, 0.15) is 5.84 Å². The molecular formula is C16H13ClF3N3O3S. The summed E-state index contributed by atoms with van der Waals surface area (Å²) in [5, 5.41) is 15.3. The van der Waals surface area contributed by atoms with E-state index in [2.05, 4.69) is 4.99 Å². The van der Waals surface area contributed by atoms with Crippen molar-refractivity contribution in [2.45, 2.75) is 16.8 Å². The molecule has 1 heterocycles. The third-order valence-electron chi connectivity index (χ3n) is 3.94. The van der Waals surface area contributed by atoms with E-state index in [4.69, 9.17) is 16.7 Å². The Labute approximate surface area is 157 Å². The molecule has 0 aromatic heterocycles. The van der Waals surface area contributed by atoms with Crippen molar-refractivity contribution < 1.29 is 26.7 Å². The Kier molecular flexibility index (Phi) is 4.71. The molecule has 144 valence electrons. The molecule has 11 heteroatoms. The minimum Gasteiger partial charge on any atom is -0.361 e. The third kappa shape index (κ3) is 3.79. The number of amidine groups is 1. The number of alkyl halides is 3. The van der Waals surface area contributed by atoms with E-state index in [1.807, 2.05) is 0 Å². The highest BCUT2D eigenvalue weighted by atomic mass is 35.5. The van der Waals surface area contributed by atoms with E-state index in [9.17, 15) is 26.7 Å². The van der Waals surface area contributed by atoms with Crippen LogP contribution in [0.15, 0.2) is 58.4 Å². The maximum absolute atomic E-state index is 13.3. The first-order valence-corrected chi connectivity index (χ1v) is 9.38. The van der Waals surface area contributed by atoms with Crippen LogP contribution in [0.2, 0.25) is 5.02 Å². The molecule has 1 aliphatic heterocycles. The second kappa shape index (κ2) is 6.48. The van der Waals surface area contributed by atoms with Crippen molar-refractivity contribution in [3.63, 3.8) is 0 Å². The summed E-state index contributed by atoms with van der Waals surface area (Å²) < 4.78 is 62.7. The zero-order valence-corrected chi connectivity index (χ0v) is 15.1. The first-order valence-electron chi connectivity index (χ1n) is 7.46. The molecule has 0 fully saturated rings. The molecule has 1 unspecified atom stereocenters. The van der Waals surface area contributed by atoms with Crippen molar-refractivity contribution in [3.05, 3.63) is 59.1 Å². The number of nitrogens with two attached hydrogens (primary N) is 1. The topological polar surface area (TPSA) is 96.0 Å². The maximum Gasteiger partial charge on any atom is 0.440 e. The fraction of sp³-hybridized carbons (Fsp3) is 0.188. The fourth-order valence-electron chi connectivity index (χ4n) is 2.60. The largest absolute Gasteiger partial charge is 0.440 e. The molecule has 2 aromatic carbocycles. The van der Waals surface area contributed by atoms with E-state index in [-0.39, 0.29) is 27.0 Å². The minimum absolute atomic E-state index is 0.152. The van der Waals surface area contributed by atoms with Crippen LogP contribution in [0, 0.1) is 0 Å². The van der Waals surface area contributed by atoms with Gasteiger partial charge in [0.2, 0.25) is 10.0 Å². The number of nitrogens with zero attached hydrogens (tertiary/aromatic N) is 2. The average molecular weight is 420 g/mol. The number of rotatable bonds is 3. The number of β-amino-alcohol motifs (C(OH)–C–C–N with tert-alkyl or cyclic N) is 1. The van der Waals surface area contributed by atoms with Gasteiger partial charge in [0, 0.05) is 16.3 Å². The summed E-state index contributed by atoms with van der Waals surface area (Å²) >= 11 is 5.91. The van der Waals surface area contributed by atoms with Gasteiger partial charge in [-0.3, -0.25) is 0 Å². The van der Waals surface area contributed by atoms with Crippen molar-refractivity contribution in [2.24, 2.45) is 10.1 Å². The number of anilines is 1. The number of sulfonamides is 1. The Balaban J connectivity index is 2.09. The molecule has 0 saturated carbocycles. The van der Waals surface area contributed by atoms with Crippen LogP contribution < -0.4 is 10.0 Å². The summed E-state index contributed by atoms with van der Waals surface area (Å²) in [5.41, 5.74) is -2.86. The van der Waals surface area contributed by atoms with Gasteiger partial charge in [-0.1, -0.05) is 23.7 Å². The van der Waals surface area contributed by atoms with Crippen LogP contribution in [0.3, 0.4) is 0 Å². The van der Waals surface area contributed by atoms with E-state index in [1.54, 1.807) is 6.07 Å².